The summed E-state index contributed by atoms with van der Waals surface area (Å²) < 4.78 is 0. The van der Waals surface area contributed by atoms with Gasteiger partial charge in [-0.15, -0.1) is 0 Å². The van der Waals surface area contributed by atoms with Gasteiger partial charge in [0.05, 0.1) is 0 Å². The number of rotatable bonds is 4. The van der Waals surface area contributed by atoms with Crippen molar-refractivity contribution in [2.45, 2.75) is 45.3 Å². The van der Waals surface area contributed by atoms with Crippen LogP contribution in [0.3, 0.4) is 0 Å². The first-order valence-electron chi connectivity index (χ1n) is 6.66. The molecule has 2 rings (SSSR count). The van der Waals surface area contributed by atoms with Crippen LogP contribution in [0, 0.1) is 0 Å². The Labute approximate surface area is 104 Å². The van der Waals surface area contributed by atoms with Crippen LogP contribution in [0.2, 0.25) is 0 Å². The molecule has 1 saturated heterocycles. The Morgan fingerprint density at radius 2 is 2.41 bits per heavy atom. The third-order valence-corrected chi connectivity index (χ3v) is 3.46. The zero-order valence-electron chi connectivity index (χ0n) is 10.9. The second-order valence-corrected chi connectivity index (χ2v) is 5.04. The molecule has 0 aromatic carbocycles. The van der Waals surface area contributed by atoms with Crippen LogP contribution in [0.15, 0.2) is 24.5 Å². The van der Waals surface area contributed by atoms with Crippen molar-refractivity contribution >= 4 is 0 Å². The molecule has 2 atom stereocenters. The lowest BCUT2D eigenvalue weighted by Crippen LogP contribution is -2.54. The molecule has 3 heteroatoms. The molecule has 1 aliphatic rings. The molecule has 1 aliphatic heterocycles. The van der Waals surface area contributed by atoms with E-state index in [9.17, 15) is 0 Å². The third kappa shape index (κ3) is 3.51. The number of nitrogens with one attached hydrogen (secondary N) is 1. The Bertz CT molecular complexity index is 325. The highest BCUT2D eigenvalue weighted by atomic mass is 15.2. The lowest BCUT2D eigenvalue weighted by molar-refractivity contribution is 0.120. The topological polar surface area (TPSA) is 28.2 Å². The van der Waals surface area contributed by atoms with Crippen molar-refractivity contribution in [1.29, 1.82) is 0 Å². The molecule has 0 spiro atoms. The smallest absolute Gasteiger partial charge is 0.0312 e. The molecule has 1 aromatic heterocycles. The first kappa shape index (κ1) is 12.5. The standard InChI is InChI=1S/C14H23N3/c1-3-5-14-9-16-12(2)10-17(14)11-13-6-4-7-15-8-13/h4,6-8,12,14,16H,3,5,9-11H2,1-2H3. The molecule has 0 amide bonds. The fraction of sp³-hybridized carbons (Fsp3) is 0.643. The molecular formula is C14H23N3. The fourth-order valence-electron chi connectivity index (χ4n) is 2.57. The van der Waals surface area contributed by atoms with Crippen LogP contribution in [0.1, 0.15) is 32.3 Å². The van der Waals surface area contributed by atoms with Crippen LogP contribution in [0.4, 0.5) is 0 Å². The lowest BCUT2D eigenvalue weighted by Gasteiger charge is -2.39. The van der Waals surface area contributed by atoms with E-state index < -0.39 is 0 Å². The van der Waals surface area contributed by atoms with Crippen molar-refractivity contribution < 1.29 is 0 Å². The summed E-state index contributed by atoms with van der Waals surface area (Å²) in [5.41, 5.74) is 1.32. The van der Waals surface area contributed by atoms with Crippen LogP contribution in [0.25, 0.3) is 0 Å². The summed E-state index contributed by atoms with van der Waals surface area (Å²) in [5.74, 6) is 0. The summed E-state index contributed by atoms with van der Waals surface area (Å²) in [4.78, 5) is 6.80. The normalized spacial score (nSPS) is 26.0. The van der Waals surface area contributed by atoms with Crippen molar-refractivity contribution in [2.75, 3.05) is 13.1 Å². The van der Waals surface area contributed by atoms with E-state index in [0.29, 0.717) is 12.1 Å². The molecule has 1 N–H and O–H groups in total. The lowest BCUT2D eigenvalue weighted by atomic mass is 10.0. The molecular weight excluding hydrogens is 210 g/mol. The van der Waals surface area contributed by atoms with Crippen LogP contribution in [-0.2, 0) is 6.54 Å². The second-order valence-electron chi connectivity index (χ2n) is 5.04. The van der Waals surface area contributed by atoms with E-state index in [4.69, 9.17) is 0 Å². The SMILES string of the molecule is CCCC1CNC(C)CN1Cc1cccnc1. The predicted molar refractivity (Wildman–Crippen MR) is 70.8 cm³/mol. The van der Waals surface area contributed by atoms with E-state index in [1.807, 2.05) is 18.5 Å². The number of hydrogen-bond donors (Lipinski definition) is 1. The molecule has 0 aliphatic carbocycles. The van der Waals surface area contributed by atoms with E-state index in [0.717, 1.165) is 19.6 Å². The van der Waals surface area contributed by atoms with Gasteiger partial charge >= 0.3 is 0 Å². The number of hydrogen-bond acceptors (Lipinski definition) is 3. The van der Waals surface area contributed by atoms with Gasteiger partial charge in [-0.2, -0.15) is 0 Å². The highest BCUT2D eigenvalue weighted by Gasteiger charge is 2.24. The molecule has 94 valence electrons. The summed E-state index contributed by atoms with van der Waals surface area (Å²) in [7, 11) is 0. The molecule has 0 saturated carbocycles. The quantitative estimate of drug-likeness (QED) is 0.862. The van der Waals surface area contributed by atoms with Gasteiger partial charge in [-0.3, -0.25) is 9.88 Å². The molecule has 1 fully saturated rings. The van der Waals surface area contributed by atoms with Gasteiger partial charge in [0.15, 0.2) is 0 Å². The Morgan fingerprint density at radius 1 is 1.53 bits per heavy atom. The second kappa shape index (κ2) is 6.12. The van der Waals surface area contributed by atoms with Gasteiger partial charge in [0.1, 0.15) is 0 Å². The van der Waals surface area contributed by atoms with Gasteiger partial charge in [0, 0.05) is 44.1 Å². The molecule has 0 bridgehead atoms. The molecule has 2 heterocycles. The Kier molecular flexibility index (Phi) is 4.51. The summed E-state index contributed by atoms with van der Waals surface area (Å²) >= 11 is 0. The average Bonchev–Trinajstić information content (AvgIpc) is 2.34. The predicted octanol–water partition coefficient (Wildman–Crippen LogP) is 2.04. The number of piperazine rings is 1. The maximum atomic E-state index is 4.20. The first-order chi connectivity index (χ1) is 8.29. The Morgan fingerprint density at radius 3 is 3.12 bits per heavy atom. The molecule has 1 aromatic rings. The Hall–Kier alpha value is -0.930. The van der Waals surface area contributed by atoms with Crippen LogP contribution in [-0.4, -0.2) is 35.1 Å². The summed E-state index contributed by atoms with van der Waals surface area (Å²) in [5, 5.41) is 3.58. The van der Waals surface area contributed by atoms with E-state index in [-0.39, 0.29) is 0 Å². The van der Waals surface area contributed by atoms with Gasteiger partial charge in [-0.05, 0) is 25.0 Å². The van der Waals surface area contributed by atoms with Crippen LogP contribution < -0.4 is 5.32 Å². The van der Waals surface area contributed by atoms with Crippen LogP contribution >= 0.6 is 0 Å². The van der Waals surface area contributed by atoms with Crippen molar-refractivity contribution in [1.82, 2.24) is 15.2 Å². The zero-order valence-corrected chi connectivity index (χ0v) is 10.9. The Balaban J connectivity index is 1.99. The minimum absolute atomic E-state index is 0.597. The maximum absolute atomic E-state index is 4.20. The number of pyridine rings is 1. The fourth-order valence-corrected chi connectivity index (χ4v) is 2.57. The van der Waals surface area contributed by atoms with Gasteiger partial charge < -0.3 is 5.32 Å². The number of aromatic nitrogens is 1. The van der Waals surface area contributed by atoms with Gasteiger partial charge in [-0.1, -0.05) is 19.4 Å². The highest BCUT2D eigenvalue weighted by molar-refractivity contribution is 5.08. The third-order valence-electron chi connectivity index (χ3n) is 3.46. The van der Waals surface area contributed by atoms with Crippen LogP contribution in [0.5, 0.6) is 0 Å². The molecule has 3 nitrogen and oxygen atoms in total. The van der Waals surface area contributed by atoms with Crippen molar-refractivity contribution in [3.63, 3.8) is 0 Å². The monoisotopic (exact) mass is 233 g/mol. The minimum atomic E-state index is 0.597. The van der Waals surface area contributed by atoms with Crippen molar-refractivity contribution in [3.05, 3.63) is 30.1 Å². The van der Waals surface area contributed by atoms with E-state index in [1.165, 1.54) is 18.4 Å². The zero-order chi connectivity index (χ0) is 12.1. The van der Waals surface area contributed by atoms with Gasteiger partial charge in [-0.25, -0.2) is 0 Å². The molecule has 17 heavy (non-hydrogen) atoms. The van der Waals surface area contributed by atoms with Gasteiger partial charge in [0.2, 0.25) is 0 Å². The van der Waals surface area contributed by atoms with Crippen molar-refractivity contribution in [2.24, 2.45) is 0 Å². The first-order valence-corrected chi connectivity index (χ1v) is 6.66. The summed E-state index contributed by atoms with van der Waals surface area (Å²) in [6.07, 6.45) is 6.35. The molecule has 2 unspecified atom stereocenters. The average molecular weight is 233 g/mol. The minimum Gasteiger partial charge on any atom is -0.311 e. The summed E-state index contributed by atoms with van der Waals surface area (Å²) in [6.45, 7) is 7.82. The highest BCUT2D eigenvalue weighted by Crippen LogP contribution is 2.15. The maximum Gasteiger partial charge on any atom is 0.0312 e. The summed E-state index contributed by atoms with van der Waals surface area (Å²) in [6, 6.07) is 5.47. The largest absolute Gasteiger partial charge is 0.311 e. The van der Waals surface area contributed by atoms with E-state index in [1.54, 1.807) is 0 Å². The van der Waals surface area contributed by atoms with E-state index in [2.05, 4.69) is 35.1 Å². The van der Waals surface area contributed by atoms with E-state index >= 15 is 0 Å². The van der Waals surface area contributed by atoms with Gasteiger partial charge in [0.25, 0.3) is 0 Å². The molecule has 0 radical (unpaired) electrons. The number of nitrogens with zero attached hydrogens (tertiary/aromatic N) is 2. The van der Waals surface area contributed by atoms with Crippen molar-refractivity contribution in [3.8, 4) is 0 Å².